The summed E-state index contributed by atoms with van der Waals surface area (Å²) in [4.78, 5) is 35.9. The number of carboxylic acid groups (broad SMARTS) is 1. The maximum atomic E-state index is 12.3. The van der Waals surface area contributed by atoms with Crippen molar-refractivity contribution in [2.24, 2.45) is 5.92 Å². The van der Waals surface area contributed by atoms with Crippen molar-refractivity contribution in [1.82, 2.24) is 9.88 Å². The Labute approximate surface area is 223 Å². The molecule has 0 bridgehead atoms. The first-order chi connectivity index (χ1) is 18.3. The minimum Gasteiger partial charge on any atom is -0.477 e. The number of aryl methyl sites for hydroxylation is 1. The van der Waals surface area contributed by atoms with Crippen molar-refractivity contribution in [2.45, 2.75) is 50.7 Å². The molecule has 1 aliphatic heterocycles. The molecule has 38 heavy (non-hydrogen) atoms. The Morgan fingerprint density at radius 3 is 2.61 bits per heavy atom. The second kappa shape index (κ2) is 10.5. The summed E-state index contributed by atoms with van der Waals surface area (Å²) in [6, 6.07) is 20.6. The third kappa shape index (κ3) is 4.72. The summed E-state index contributed by atoms with van der Waals surface area (Å²) in [7, 11) is 2.21. The van der Waals surface area contributed by atoms with E-state index in [1.807, 2.05) is 25.1 Å². The lowest BCUT2D eigenvalue weighted by Crippen LogP contribution is -2.50. The van der Waals surface area contributed by atoms with Gasteiger partial charge < -0.3 is 15.0 Å². The Hall–Kier alpha value is -3.89. The lowest BCUT2D eigenvalue weighted by molar-refractivity contribution is 0.0695. The van der Waals surface area contributed by atoms with Gasteiger partial charge >= 0.3 is 11.5 Å². The van der Waals surface area contributed by atoms with Gasteiger partial charge in [0, 0.05) is 31.2 Å². The predicted molar refractivity (Wildman–Crippen MR) is 151 cm³/mol. The van der Waals surface area contributed by atoms with Crippen molar-refractivity contribution in [3.63, 3.8) is 0 Å². The Bertz CT molecular complexity index is 1410. The molecule has 0 radical (unpaired) electrons. The normalized spacial score (nSPS) is 22.7. The monoisotopic (exact) mass is 511 g/mol. The van der Waals surface area contributed by atoms with Gasteiger partial charge in [-0.3, -0.25) is 9.69 Å². The van der Waals surface area contributed by atoms with E-state index in [0.29, 0.717) is 24.1 Å². The molecule has 2 heterocycles. The average Bonchev–Trinajstić information content (AvgIpc) is 3.34. The number of carbonyl (C=O) groups is 1. The van der Waals surface area contributed by atoms with E-state index in [0.717, 1.165) is 55.7 Å². The van der Waals surface area contributed by atoms with Crippen LogP contribution >= 0.6 is 0 Å². The van der Waals surface area contributed by atoms with Crippen LogP contribution in [0.1, 0.15) is 47.7 Å². The number of hydrogen-bond donors (Lipinski definition) is 2. The molecule has 1 saturated heterocycles. The molecule has 1 aliphatic carbocycles. The zero-order chi connectivity index (χ0) is 26.9. The fourth-order valence-corrected chi connectivity index (χ4v) is 6.50. The van der Waals surface area contributed by atoms with E-state index in [-0.39, 0.29) is 11.1 Å². The van der Waals surface area contributed by atoms with Gasteiger partial charge in [-0.1, -0.05) is 54.2 Å². The Kier molecular flexibility index (Phi) is 7.09. The average molecular weight is 512 g/mol. The Balaban J connectivity index is 1.38. The minimum atomic E-state index is -1.22. The number of aromatic amines is 1. The van der Waals surface area contributed by atoms with E-state index >= 15 is 0 Å². The van der Waals surface area contributed by atoms with Gasteiger partial charge in [0.05, 0.1) is 11.6 Å². The fraction of sp³-hybridized carbons (Fsp3) is 0.387. The van der Waals surface area contributed by atoms with Gasteiger partial charge in [-0.2, -0.15) is 0 Å². The van der Waals surface area contributed by atoms with Gasteiger partial charge in [0.2, 0.25) is 0 Å². The van der Waals surface area contributed by atoms with Crippen molar-refractivity contribution in [2.75, 3.05) is 25.0 Å². The molecule has 3 unspecified atom stereocenters. The van der Waals surface area contributed by atoms with Crippen LogP contribution < -0.4 is 10.5 Å². The highest BCUT2D eigenvalue weighted by Crippen LogP contribution is 2.46. The van der Waals surface area contributed by atoms with Crippen LogP contribution in [0.5, 0.6) is 0 Å². The van der Waals surface area contributed by atoms with Crippen LogP contribution in [0.25, 0.3) is 16.1 Å². The molecule has 7 heteroatoms. The third-order valence-electron chi connectivity index (χ3n) is 8.50. The maximum Gasteiger partial charge on any atom is 0.341 e. The molecule has 3 atom stereocenters. The number of pyridine rings is 1. The van der Waals surface area contributed by atoms with E-state index in [1.165, 1.54) is 11.6 Å². The number of anilines is 1. The quantitative estimate of drug-likeness (QED) is 0.460. The molecule has 2 aliphatic rings. The van der Waals surface area contributed by atoms with Crippen LogP contribution in [0, 0.1) is 12.5 Å². The highest BCUT2D eigenvalue weighted by Gasteiger charge is 2.60. The molecule has 196 valence electrons. The predicted octanol–water partition coefficient (Wildman–Crippen LogP) is 5.12. The van der Waals surface area contributed by atoms with Crippen LogP contribution in [-0.4, -0.2) is 52.7 Å². The van der Waals surface area contributed by atoms with Gasteiger partial charge in [-0.05, 0) is 61.2 Å². The summed E-state index contributed by atoms with van der Waals surface area (Å²) in [5, 5.41) is 9.32. The van der Waals surface area contributed by atoms with Gasteiger partial charge in [0.15, 0.2) is 0 Å². The molecular weight excluding hydrogens is 476 g/mol. The van der Waals surface area contributed by atoms with E-state index in [1.54, 1.807) is 0 Å². The topological polar surface area (TPSA) is 81.0 Å². The first-order valence-corrected chi connectivity index (χ1v) is 13.4. The van der Waals surface area contributed by atoms with Crippen LogP contribution in [0.3, 0.4) is 0 Å². The summed E-state index contributed by atoms with van der Waals surface area (Å²) < 4.78 is 0. The van der Waals surface area contributed by atoms with Gasteiger partial charge in [-0.25, -0.2) is 4.79 Å². The number of carboxylic acids is 1. The Morgan fingerprint density at radius 2 is 1.95 bits per heavy atom. The number of rotatable bonds is 7. The van der Waals surface area contributed by atoms with Crippen molar-refractivity contribution < 1.29 is 9.90 Å². The molecule has 0 amide bonds. The second-order valence-electron chi connectivity index (χ2n) is 10.7. The maximum absolute atomic E-state index is 12.3. The number of benzene rings is 2. The molecule has 7 nitrogen and oxygen atoms in total. The van der Waals surface area contributed by atoms with Gasteiger partial charge in [0.25, 0.3) is 12.1 Å². The van der Waals surface area contributed by atoms with E-state index in [4.69, 9.17) is 6.57 Å². The van der Waals surface area contributed by atoms with E-state index in [2.05, 4.69) is 63.1 Å². The molecule has 1 aromatic heterocycles. The van der Waals surface area contributed by atoms with E-state index in [9.17, 15) is 14.7 Å². The highest BCUT2D eigenvalue weighted by atomic mass is 16.4. The molecule has 2 N–H and O–H groups in total. The lowest BCUT2D eigenvalue weighted by atomic mass is 9.72. The molecule has 2 fully saturated rings. The van der Waals surface area contributed by atoms with Crippen molar-refractivity contribution in [1.29, 1.82) is 0 Å². The fourth-order valence-electron chi connectivity index (χ4n) is 6.50. The number of nitrogens with zero attached hydrogens (tertiary/aromatic N) is 3. The number of fused-ring (bicyclic) bond motifs is 1. The third-order valence-corrected chi connectivity index (χ3v) is 8.50. The first-order valence-electron chi connectivity index (χ1n) is 13.4. The SMILES string of the molecule is C#[N+]C12CCCC(N(C)Cc3ccccc3)C1CN(c1ccc(-c3[nH]c(=O)c(C(=O)O)cc3CC)cc1)C2. The van der Waals surface area contributed by atoms with Crippen molar-refractivity contribution >= 4 is 11.7 Å². The number of nitrogens with one attached hydrogen (secondary N) is 1. The van der Waals surface area contributed by atoms with Crippen LogP contribution in [0.4, 0.5) is 5.69 Å². The zero-order valence-corrected chi connectivity index (χ0v) is 22.1. The van der Waals surface area contributed by atoms with Crippen molar-refractivity contribution in [3.8, 4) is 17.8 Å². The molecular formula is C31H35N4O3+. The summed E-state index contributed by atoms with van der Waals surface area (Å²) in [6.45, 7) is 10.6. The second-order valence-corrected chi connectivity index (χ2v) is 10.7. The molecule has 5 rings (SSSR count). The molecule has 1 saturated carbocycles. The minimum absolute atomic E-state index is 0.232. The summed E-state index contributed by atoms with van der Waals surface area (Å²) in [5.41, 5.74) is 3.64. The zero-order valence-electron chi connectivity index (χ0n) is 22.1. The first kappa shape index (κ1) is 25.7. The number of H-pyrrole nitrogens is 1. The van der Waals surface area contributed by atoms with Gasteiger partial charge in [0.1, 0.15) is 12.1 Å². The number of aromatic nitrogens is 1. The van der Waals surface area contributed by atoms with Gasteiger partial charge in [-0.15, -0.1) is 0 Å². The van der Waals surface area contributed by atoms with Crippen molar-refractivity contribution in [3.05, 3.63) is 92.6 Å². The molecule has 2 aromatic carbocycles. The number of aromatic carboxylic acids is 1. The number of hydrogen-bond acceptors (Lipinski definition) is 4. The largest absolute Gasteiger partial charge is 0.477 e. The highest BCUT2D eigenvalue weighted by molar-refractivity contribution is 5.88. The summed E-state index contributed by atoms with van der Waals surface area (Å²) in [6.07, 6.45) is 3.85. The summed E-state index contributed by atoms with van der Waals surface area (Å²) >= 11 is 0. The van der Waals surface area contributed by atoms with E-state index < -0.39 is 11.5 Å². The summed E-state index contributed by atoms with van der Waals surface area (Å²) in [5.74, 6) is -0.883. The molecule has 3 aromatic rings. The molecule has 0 spiro atoms. The Morgan fingerprint density at radius 1 is 1.21 bits per heavy atom. The van der Waals surface area contributed by atoms with Crippen LogP contribution in [0.2, 0.25) is 0 Å². The standard InChI is InChI=1S/C31H34N4O3/c1-4-22-17-25(30(37)38)29(36)33-28(22)23-12-14-24(15-13-23)35-19-26-27(11-8-16-31(26,20-35)32-2)34(3)18-21-9-6-5-7-10-21/h2,5-7,9-10,12-15,17,26-27H,4,8,11,16,18-20H2,1,3H3,(H-,33,36,37,38)/p+1. The van der Waals surface area contributed by atoms with Crippen LogP contribution in [0.15, 0.2) is 65.5 Å². The van der Waals surface area contributed by atoms with Crippen LogP contribution in [-0.2, 0) is 13.0 Å². The smallest absolute Gasteiger partial charge is 0.341 e. The lowest BCUT2D eigenvalue weighted by Gasteiger charge is -2.38.